The highest BCUT2D eigenvalue weighted by molar-refractivity contribution is 9.10. The minimum absolute atomic E-state index is 0.0983. The summed E-state index contributed by atoms with van der Waals surface area (Å²) in [6.07, 6.45) is 0.152. The van der Waals surface area contributed by atoms with Crippen LogP contribution in [0.4, 0.5) is 16.6 Å². The Morgan fingerprint density at radius 1 is 1.40 bits per heavy atom. The van der Waals surface area contributed by atoms with Gasteiger partial charge in [0.15, 0.2) is 5.52 Å². The van der Waals surface area contributed by atoms with Gasteiger partial charge in [-0.3, -0.25) is 0 Å². The fraction of sp³-hybridized carbons (Fsp3) is 0.400. The first-order valence-electron chi connectivity index (χ1n) is 9.28. The second-order valence-corrected chi connectivity index (χ2v) is 10.6. The van der Waals surface area contributed by atoms with Crippen LogP contribution in [0, 0.1) is 6.57 Å². The molecule has 2 N–H and O–H groups in total. The number of nitrogens with zero attached hydrogens (tertiary/aromatic N) is 3. The fourth-order valence-corrected chi connectivity index (χ4v) is 5.40. The fourth-order valence-electron chi connectivity index (χ4n) is 2.71. The molecule has 0 fully saturated rings. The van der Waals surface area contributed by atoms with Gasteiger partial charge in [-0.1, -0.05) is 6.07 Å². The molecule has 0 aliphatic rings. The molecule has 1 atom stereocenters. The summed E-state index contributed by atoms with van der Waals surface area (Å²) in [5, 5.41) is 8.22. The summed E-state index contributed by atoms with van der Waals surface area (Å²) >= 11 is 6.84. The van der Waals surface area contributed by atoms with Gasteiger partial charge in [-0.05, 0) is 55.1 Å². The van der Waals surface area contributed by atoms with Crippen LogP contribution in [0.3, 0.4) is 0 Å². The number of amides is 1. The number of thiophene rings is 2. The number of carbonyl (C=O) groups excluding carboxylic acids is 1. The molecule has 0 unspecified atom stereocenters. The Balaban J connectivity index is 1.82. The first kappa shape index (κ1) is 22.5. The Bertz CT molecular complexity index is 1080. The van der Waals surface area contributed by atoms with Crippen LogP contribution in [0.25, 0.3) is 15.1 Å². The van der Waals surface area contributed by atoms with Crippen molar-refractivity contribution in [2.24, 2.45) is 0 Å². The molecule has 1 amide bonds. The predicted octanol–water partition coefficient (Wildman–Crippen LogP) is 6.13. The minimum Gasteiger partial charge on any atom is -0.444 e. The third-order valence-corrected chi connectivity index (χ3v) is 7.10. The van der Waals surface area contributed by atoms with Gasteiger partial charge < -0.3 is 20.2 Å². The highest BCUT2D eigenvalue weighted by Crippen LogP contribution is 2.39. The lowest BCUT2D eigenvalue weighted by atomic mass is 10.2. The number of hydrogen-bond donors (Lipinski definition) is 2. The summed E-state index contributed by atoms with van der Waals surface area (Å²) in [5.41, 5.74) is 0.158. The van der Waals surface area contributed by atoms with E-state index in [4.69, 9.17) is 11.3 Å². The lowest BCUT2D eigenvalue weighted by Crippen LogP contribution is -2.38. The molecule has 0 aromatic carbocycles. The van der Waals surface area contributed by atoms with E-state index in [1.807, 2.05) is 45.2 Å². The Labute approximate surface area is 191 Å². The molecule has 3 rings (SSSR count). The molecule has 0 saturated heterocycles. The summed E-state index contributed by atoms with van der Waals surface area (Å²) < 4.78 is 7.03. The summed E-state index contributed by atoms with van der Waals surface area (Å²) in [7, 11) is 0. The second kappa shape index (κ2) is 9.29. The van der Waals surface area contributed by atoms with Gasteiger partial charge in [0.05, 0.1) is 11.0 Å². The monoisotopic (exact) mass is 507 g/mol. The van der Waals surface area contributed by atoms with Crippen LogP contribution in [0.5, 0.6) is 0 Å². The van der Waals surface area contributed by atoms with E-state index in [0.29, 0.717) is 24.3 Å². The summed E-state index contributed by atoms with van der Waals surface area (Å²) in [6, 6.07) is 3.91. The molecular formula is C20H22BrN5O2S2. The summed E-state index contributed by atoms with van der Waals surface area (Å²) in [4.78, 5) is 26.4. The lowest BCUT2D eigenvalue weighted by Gasteiger charge is -2.21. The molecule has 158 valence electrons. The number of alkyl carbamates (subject to hydrolysis) is 1. The van der Waals surface area contributed by atoms with Crippen LogP contribution in [0.15, 0.2) is 22.0 Å². The normalized spacial score (nSPS) is 12.4. The smallest absolute Gasteiger partial charge is 0.407 e. The number of nitrogens with one attached hydrogen (secondary N) is 2. The molecule has 3 heterocycles. The Hall–Kier alpha value is -2.22. The summed E-state index contributed by atoms with van der Waals surface area (Å²) in [5.74, 6) is 0.741. The van der Waals surface area contributed by atoms with Crippen molar-refractivity contribution in [2.75, 3.05) is 5.32 Å². The molecule has 3 aromatic heterocycles. The largest absolute Gasteiger partial charge is 0.444 e. The molecule has 30 heavy (non-hydrogen) atoms. The number of aromatic nitrogens is 2. The zero-order chi connectivity index (χ0) is 21.9. The number of halogens is 1. The van der Waals surface area contributed by atoms with Gasteiger partial charge in [-0.2, -0.15) is 0 Å². The van der Waals surface area contributed by atoms with Crippen molar-refractivity contribution in [1.82, 2.24) is 15.3 Å². The van der Waals surface area contributed by atoms with E-state index in [1.165, 1.54) is 4.88 Å². The molecule has 0 bridgehead atoms. The lowest BCUT2D eigenvalue weighted by molar-refractivity contribution is 0.0508. The molecule has 0 aliphatic carbocycles. The van der Waals surface area contributed by atoms with Gasteiger partial charge in [0.1, 0.15) is 10.3 Å². The molecule has 10 heteroatoms. The standard InChI is InChI=1S/C20H22BrN5O2S2/c1-11(24-19(27)28-20(2,3)4)9-13-14(21)15-16(30-13)17(26-18(22-5)25-15)23-10-12-7-6-8-29-12/h6-8,11H,9-10H2,1-4H3,(H,24,27)(H,23,25,26)/t11-/m0/s1. The molecule has 0 spiro atoms. The van der Waals surface area contributed by atoms with Crippen molar-refractivity contribution in [2.45, 2.75) is 52.3 Å². The van der Waals surface area contributed by atoms with Gasteiger partial charge in [-0.25, -0.2) is 4.79 Å². The first-order valence-corrected chi connectivity index (χ1v) is 11.8. The van der Waals surface area contributed by atoms with Crippen LogP contribution in [0.2, 0.25) is 0 Å². The third kappa shape index (κ3) is 5.68. The zero-order valence-electron chi connectivity index (χ0n) is 17.1. The van der Waals surface area contributed by atoms with Gasteiger partial charge in [-0.15, -0.1) is 39.2 Å². The van der Waals surface area contributed by atoms with Crippen molar-refractivity contribution < 1.29 is 9.53 Å². The van der Waals surface area contributed by atoms with Gasteiger partial charge in [0.25, 0.3) is 0 Å². The number of ether oxygens (including phenoxy) is 1. The highest BCUT2D eigenvalue weighted by atomic mass is 79.9. The van der Waals surface area contributed by atoms with E-state index in [-0.39, 0.29) is 12.0 Å². The highest BCUT2D eigenvalue weighted by Gasteiger charge is 2.23. The Morgan fingerprint density at radius 3 is 2.80 bits per heavy atom. The van der Waals surface area contributed by atoms with Crippen LogP contribution in [-0.2, 0) is 17.7 Å². The maximum Gasteiger partial charge on any atom is 0.407 e. The molecular weight excluding hydrogens is 486 g/mol. The van der Waals surface area contributed by atoms with Gasteiger partial charge in [0.2, 0.25) is 5.82 Å². The van der Waals surface area contributed by atoms with Crippen molar-refractivity contribution in [3.05, 3.63) is 43.2 Å². The van der Waals surface area contributed by atoms with Crippen molar-refractivity contribution in [3.8, 4) is 0 Å². The van der Waals surface area contributed by atoms with Crippen LogP contribution >= 0.6 is 38.6 Å². The maximum atomic E-state index is 12.0. The van der Waals surface area contributed by atoms with E-state index in [2.05, 4.69) is 41.4 Å². The molecule has 0 aliphatic heterocycles. The van der Waals surface area contributed by atoms with E-state index < -0.39 is 11.7 Å². The predicted molar refractivity (Wildman–Crippen MR) is 126 cm³/mol. The minimum atomic E-state index is -0.545. The number of carbonyl (C=O) groups is 1. The number of anilines is 1. The molecule has 3 aromatic rings. The SMILES string of the molecule is [C-]#[N+]c1nc(NCc2cccs2)c2sc(C[C@H](C)NC(=O)OC(C)(C)C)c(Br)c2n1. The topological polar surface area (TPSA) is 80.5 Å². The molecule has 0 saturated carbocycles. The number of rotatable bonds is 6. The second-order valence-electron chi connectivity index (χ2n) is 7.69. The van der Waals surface area contributed by atoms with E-state index in [0.717, 1.165) is 14.0 Å². The van der Waals surface area contributed by atoms with E-state index >= 15 is 0 Å². The van der Waals surface area contributed by atoms with E-state index in [9.17, 15) is 4.79 Å². The maximum absolute atomic E-state index is 12.0. The Kier molecular flexibility index (Phi) is 6.95. The van der Waals surface area contributed by atoms with Gasteiger partial charge >= 0.3 is 12.0 Å². The average molecular weight is 508 g/mol. The van der Waals surface area contributed by atoms with Crippen LogP contribution in [-0.4, -0.2) is 27.7 Å². The number of fused-ring (bicyclic) bond motifs is 1. The van der Waals surface area contributed by atoms with Crippen molar-refractivity contribution in [3.63, 3.8) is 0 Å². The van der Waals surface area contributed by atoms with E-state index in [1.54, 1.807) is 22.7 Å². The van der Waals surface area contributed by atoms with Gasteiger partial charge in [0, 0.05) is 22.2 Å². The van der Waals surface area contributed by atoms with Crippen molar-refractivity contribution >= 4 is 66.7 Å². The molecule has 0 radical (unpaired) electrons. The number of hydrogen-bond acceptors (Lipinski definition) is 7. The average Bonchev–Trinajstić information content (AvgIpc) is 3.27. The first-order chi connectivity index (χ1) is 14.2. The zero-order valence-corrected chi connectivity index (χ0v) is 20.3. The quantitative estimate of drug-likeness (QED) is 0.392. The van der Waals surface area contributed by atoms with Crippen LogP contribution < -0.4 is 10.6 Å². The van der Waals surface area contributed by atoms with Crippen LogP contribution in [0.1, 0.15) is 37.4 Å². The summed E-state index contributed by atoms with van der Waals surface area (Å²) in [6.45, 7) is 15.4. The van der Waals surface area contributed by atoms with Crippen molar-refractivity contribution in [1.29, 1.82) is 0 Å². The Morgan fingerprint density at radius 2 is 2.17 bits per heavy atom. The molecule has 7 nitrogen and oxygen atoms in total. The third-order valence-electron chi connectivity index (χ3n) is 3.90.